The molecular formula is C15H12F3N3O3. The first kappa shape index (κ1) is 17.3. The van der Waals surface area contributed by atoms with E-state index in [1.54, 1.807) is 0 Å². The fourth-order valence-corrected chi connectivity index (χ4v) is 1.71. The van der Waals surface area contributed by atoms with Crippen molar-refractivity contribution >= 4 is 17.5 Å². The summed E-state index contributed by atoms with van der Waals surface area (Å²) >= 11 is 0. The van der Waals surface area contributed by atoms with Gasteiger partial charge in [-0.05, 0) is 18.2 Å². The Hall–Kier alpha value is -3.10. The molecule has 0 radical (unpaired) electrons. The lowest BCUT2D eigenvalue weighted by Gasteiger charge is -2.08. The number of pyridine rings is 1. The summed E-state index contributed by atoms with van der Waals surface area (Å²) in [4.78, 5) is 27.3. The van der Waals surface area contributed by atoms with Crippen LogP contribution in [-0.4, -0.2) is 30.5 Å². The Bertz CT molecular complexity index is 767. The van der Waals surface area contributed by atoms with Gasteiger partial charge >= 0.3 is 0 Å². The van der Waals surface area contributed by atoms with Gasteiger partial charge < -0.3 is 15.4 Å². The molecule has 0 spiro atoms. The monoisotopic (exact) mass is 339 g/mol. The molecule has 1 heterocycles. The summed E-state index contributed by atoms with van der Waals surface area (Å²) in [6, 6.07) is 4.45. The van der Waals surface area contributed by atoms with Gasteiger partial charge in [0.1, 0.15) is 0 Å². The Balaban J connectivity index is 1.93. The van der Waals surface area contributed by atoms with Crippen LogP contribution in [0.2, 0.25) is 0 Å². The highest BCUT2D eigenvalue weighted by Gasteiger charge is 2.15. The van der Waals surface area contributed by atoms with E-state index in [2.05, 4.69) is 10.3 Å². The number of aromatic nitrogens is 1. The van der Waals surface area contributed by atoms with Crippen molar-refractivity contribution in [2.24, 2.45) is 0 Å². The molecule has 0 unspecified atom stereocenters. The van der Waals surface area contributed by atoms with E-state index in [9.17, 15) is 22.8 Å². The molecule has 2 rings (SSSR count). The molecule has 0 aliphatic carbocycles. The summed E-state index contributed by atoms with van der Waals surface area (Å²) < 4.78 is 44.1. The summed E-state index contributed by atoms with van der Waals surface area (Å²) in [5, 5.41) is 4.31. The first-order valence-corrected chi connectivity index (χ1v) is 6.64. The number of carbonyl (C=O) groups excluding carboxylic acids is 2. The number of hydrogen-bond donors (Lipinski definition) is 2. The van der Waals surface area contributed by atoms with Crippen molar-refractivity contribution in [1.82, 2.24) is 10.3 Å². The molecule has 0 atom stereocenters. The van der Waals surface area contributed by atoms with Crippen LogP contribution in [-0.2, 0) is 4.79 Å². The molecule has 6 nitrogen and oxygen atoms in total. The maximum atomic E-state index is 13.4. The predicted octanol–water partition coefficient (Wildman–Crippen LogP) is 1.88. The SMILES string of the molecule is COc1ccc(C(=O)NCC(=O)Nc2ccc(F)c(F)c2F)cn1. The van der Waals surface area contributed by atoms with E-state index in [0.717, 1.165) is 6.07 Å². The second-order valence-electron chi connectivity index (χ2n) is 4.54. The quantitative estimate of drug-likeness (QED) is 0.815. The molecule has 126 valence electrons. The number of nitrogens with zero attached hydrogens (tertiary/aromatic N) is 1. The number of carbonyl (C=O) groups is 2. The second kappa shape index (κ2) is 7.44. The number of hydrogen-bond acceptors (Lipinski definition) is 4. The highest BCUT2D eigenvalue weighted by atomic mass is 19.2. The number of benzene rings is 1. The second-order valence-corrected chi connectivity index (χ2v) is 4.54. The van der Waals surface area contributed by atoms with E-state index >= 15 is 0 Å². The number of anilines is 1. The number of nitrogens with one attached hydrogen (secondary N) is 2. The Morgan fingerprint density at radius 2 is 1.88 bits per heavy atom. The molecule has 0 bridgehead atoms. The largest absolute Gasteiger partial charge is 0.481 e. The summed E-state index contributed by atoms with van der Waals surface area (Å²) in [6.07, 6.45) is 1.25. The summed E-state index contributed by atoms with van der Waals surface area (Å²) in [6.45, 7) is -0.497. The maximum absolute atomic E-state index is 13.4. The van der Waals surface area contributed by atoms with Crippen molar-refractivity contribution in [2.45, 2.75) is 0 Å². The molecule has 2 amide bonds. The van der Waals surface area contributed by atoms with E-state index in [0.29, 0.717) is 11.9 Å². The first-order valence-electron chi connectivity index (χ1n) is 6.64. The lowest BCUT2D eigenvalue weighted by Crippen LogP contribution is -2.33. The first-order chi connectivity index (χ1) is 11.4. The average Bonchev–Trinajstić information content (AvgIpc) is 2.60. The third-order valence-corrected chi connectivity index (χ3v) is 2.93. The normalized spacial score (nSPS) is 10.2. The zero-order valence-corrected chi connectivity index (χ0v) is 12.4. The van der Waals surface area contributed by atoms with Crippen molar-refractivity contribution in [3.05, 3.63) is 53.5 Å². The van der Waals surface area contributed by atoms with Crippen LogP contribution in [0, 0.1) is 17.5 Å². The van der Waals surface area contributed by atoms with Crippen LogP contribution in [0.4, 0.5) is 18.9 Å². The van der Waals surface area contributed by atoms with E-state index in [1.807, 2.05) is 5.32 Å². The summed E-state index contributed by atoms with van der Waals surface area (Å²) in [5.41, 5.74) is -0.345. The highest BCUT2D eigenvalue weighted by Crippen LogP contribution is 2.19. The van der Waals surface area contributed by atoms with Gasteiger partial charge in [0.2, 0.25) is 11.8 Å². The van der Waals surface area contributed by atoms with Crippen LogP contribution in [0.15, 0.2) is 30.5 Å². The molecule has 2 N–H and O–H groups in total. The van der Waals surface area contributed by atoms with Crippen LogP contribution in [0.5, 0.6) is 5.88 Å². The third-order valence-electron chi connectivity index (χ3n) is 2.93. The smallest absolute Gasteiger partial charge is 0.253 e. The molecule has 0 aliphatic rings. The molecule has 9 heteroatoms. The fourth-order valence-electron chi connectivity index (χ4n) is 1.71. The van der Waals surface area contributed by atoms with Gasteiger partial charge in [-0.15, -0.1) is 0 Å². The molecule has 0 aliphatic heterocycles. The van der Waals surface area contributed by atoms with Crippen molar-refractivity contribution in [3.63, 3.8) is 0 Å². The van der Waals surface area contributed by atoms with E-state index in [-0.39, 0.29) is 5.56 Å². The van der Waals surface area contributed by atoms with Gasteiger partial charge in [0, 0.05) is 12.3 Å². The zero-order valence-electron chi connectivity index (χ0n) is 12.4. The Morgan fingerprint density at radius 1 is 1.12 bits per heavy atom. The molecule has 0 saturated carbocycles. The topological polar surface area (TPSA) is 80.3 Å². The molecule has 0 fully saturated rings. The Morgan fingerprint density at radius 3 is 2.50 bits per heavy atom. The highest BCUT2D eigenvalue weighted by molar-refractivity contribution is 5.99. The minimum Gasteiger partial charge on any atom is -0.481 e. The van der Waals surface area contributed by atoms with Gasteiger partial charge in [-0.1, -0.05) is 0 Å². The van der Waals surface area contributed by atoms with Gasteiger partial charge in [-0.2, -0.15) is 0 Å². The van der Waals surface area contributed by atoms with Crippen LogP contribution in [0.25, 0.3) is 0 Å². The van der Waals surface area contributed by atoms with Gasteiger partial charge in [0.15, 0.2) is 17.5 Å². The third kappa shape index (κ3) is 4.00. The number of ether oxygens (including phenoxy) is 1. The minimum atomic E-state index is -1.69. The van der Waals surface area contributed by atoms with E-state index in [1.165, 1.54) is 25.4 Å². The molecule has 2 aromatic rings. The average molecular weight is 339 g/mol. The van der Waals surface area contributed by atoms with Crippen LogP contribution in [0.1, 0.15) is 10.4 Å². The molecule has 1 aromatic carbocycles. The van der Waals surface area contributed by atoms with Gasteiger partial charge in [-0.25, -0.2) is 18.2 Å². The summed E-state index contributed by atoms with van der Waals surface area (Å²) in [7, 11) is 1.42. The fraction of sp³-hybridized carbons (Fsp3) is 0.133. The predicted molar refractivity (Wildman–Crippen MR) is 78.1 cm³/mol. The van der Waals surface area contributed by atoms with Gasteiger partial charge in [0.25, 0.3) is 5.91 Å². The van der Waals surface area contributed by atoms with Crippen LogP contribution < -0.4 is 15.4 Å². The summed E-state index contributed by atoms with van der Waals surface area (Å²) in [5.74, 6) is -5.67. The number of methoxy groups -OCH3 is 1. The van der Waals surface area contributed by atoms with Gasteiger partial charge in [0.05, 0.1) is 24.9 Å². The maximum Gasteiger partial charge on any atom is 0.253 e. The number of halogens is 3. The standard InChI is InChI=1S/C15H12F3N3O3/c1-24-12-5-2-8(6-19-12)15(23)20-7-11(22)21-10-4-3-9(16)13(17)14(10)18/h2-6H,7H2,1H3,(H,20,23)(H,21,22). The molecule has 24 heavy (non-hydrogen) atoms. The van der Waals surface area contributed by atoms with Crippen molar-refractivity contribution in [3.8, 4) is 5.88 Å². The number of amides is 2. The van der Waals surface area contributed by atoms with Crippen LogP contribution in [0.3, 0.4) is 0 Å². The van der Waals surface area contributed by atoms with E-state index in [4.69, 9.17) is 4.74 Å². The molecule has 1 aromatic heterocycles. The van der Waals surface area contributed by atoms with Crippen molar-refractivity contribution < 1.29 is 27.5 Å². The zero-order chi connectivity index (χ0) is 17.7. The lowest BCUT2D eigenvalue weighted by atomic mass is 10.2. The Labute approximate surface area is 134 Å². The minimum absolute atomic E-state index is 0.183. The Kier molecular flexibility index (Phi) is 5.35. The van der Waals surface area contributed by atoms with E-state index < -0.39 is 41.5 Å². The molecule has 0 saturated heterocycles. The number of rotatable bonds is 5. The van der Waals surface area contributed by atoms with Crippen molar-refractivity contribution in [1.29, 1.82) is 0 Å². The van der Waals surface area contributed by atoms with Gasteiger partial charge in [-0.3, -0.25) is 9.59 Å². The molecular weight excluding hydrogens is 327 g/mol. The lowest BCUT2D eigenvalue weighted by molar-refractivity contribution is -0.115. The van der Waals surface area contributed by atoms with Crippen LogP contribution >= 0.6 is 0 Å². The van der Waals surface area contributed by atoms with Crippen molar-refractivity contribution in [2.75, 3.05) is 19.0 Å².